The van der Waals surface area contributed by atoms with E-state index in [1.165, 1.54) is 0 Å². The van der Waals surface area contributed by atoms with Crippen LogP contribution in [0.5, 0.6) is 5.75 Å². The Hall–Kier alpha value is -1.55. The summed E-state index contributed by atoms with van der Waals surface area (Å²) in [6.07, 6.45) is 0. The van der Waals surface area contributed by atoms with Crippen molar-refractivity contribution < 1.29 is 9.26 Å². The van der Waals surface area contributed by atoms with Crippen LogP contribution in [0.4, 0.5) is 0 Å². The summed E-state index contributed by atoms with van der Waals surface area (Å²) in [4.78, 5) is 4.31. The molecule has 102 valence electrons. The monoisotopic (exact) mass is 280 g/mol. The van der Waals surface area contributed by atoms with Gasteiger partial charge in [-0.25, -0.2) is 0 Å². The lowest BCUT2D eigenvalue weighted by atomic mass is 9.97. The van der Waals surface area contributed by atoms with E-state index in [0.29, 0.717) is 16.7 Å². The predicted molar refractivity (Wildman–Crippen MR) is 73.5 cm³/mol. The highest BCUT2D eigenvalue weighted by molar-refractivity contribution is 6.30. The Morgan fingerprint density at radius 3 is 2.63 bits per heavy atom. The van der Waals surface area contributed by atoms with Crippen LogP contribution in [0.25, 0.3) is 0 Å². The molecule has 0 amide bonds. The highest BCUT2D eigenvalue weighted by atomic mass is 35.5. The minimum Gasteiger partial charge on any atom is -0.485 e. The second kappa shape index (κ2) is 5.21. The maximum Gasteiger partial charge on any atom is 0.232 e. The van der Waals surface area contributed by atoms with Crippen LogP contribution in [0.1, 0.15) is 38.0 Å². The number of aromatic nitrogens is 2. The zero-order valence-corrected chi connectivity index (χ0v) is 12.3. The Kier molecular flexibility index (Phi) is 3.80. The van der Waals surface area contributed by atoms with Gasteiger partial charge in [-0.1, -0.05) is 37.5 Å². The SMILES string of the molecule is Cc1cc(Cl)ccc1OCc1noc(C(C)(C)C)n1. The third-order valence-electron chi connectivity index (χ3n) is 2.60. The Morgan fingerprint density at radius 2 is 2.05 bits per heavy atom. The van der Waals surface area contributed by atoms with E-state index in [1.807, 2.05) is 39.8 Å². The van der Waals surface area contributed by atoms with Crippen LogP contribution < -0.4 is 4.74 Å². The summed E-state index contributed by atoms with van der Waals surface area (Å²) < 4.78 is 10.9. The van der Waals surface area contributed by atoms with Gasteiger partial charge >= 0.3 is 0 Å². The zero-order chi connectivity index (χ0) is 14.0. The van der Waals surface area contributed by atoms with Crippen molar-refractivity contribution in [3.63, 3.8) is 0 Å². The highest BCUT2D eigenvalue weighted by Gasteiger charge is 2.21. The molecule has 1 aromatic heterocycles. The number of rotatable bonds is 3. The van der Waals surface area contributed by atoms with Gasteiger partial charge in [0, 0.05) is 10.4 Å². The molecule has 2 aromatic rings. The maximum absolute atomic E-state index is 5.89. The van der Waals surface area contributed by atoms with Crippen molar-refractivity contribution in [2.45, 2.75) is 39.7 Å². The molecule has 5 heteroatoms. The molecule has 0 fully saturated rings. The van der Waals surface area contributed by atoms with Crippen molar-refractivity contribution in [1.29, 1.82) is 0 Å². The number of ether oxygens (including phenoxy) is 1. The van der Waals surface area contributed by atoms with Crippen LogP contribution in [0.3, 0.4) is 0 Å². The fourth-order valence-electron chi connectivity index (χ4n) is 1.53. The Bertz CT molecular complexity index is 573. The fraction of sp³-hybridized carbons (Fsp3) is 0.429. The smallest absolute Gasteiger partial charge is 0.232 e. The summed E-state index contributed by atoms with van der Waals surface area (Å²) in [7, 11) is 0. The number of aryl methyl sites for hydroxylation is 1. The highest BCUT2D eigenvalue weighted by Crippen LogP contribution is 2.23. The molecule has 0 saturated heterocycles. The minimum atomic E-state index is -0.151. The Labute approximate surface area is 117 Å². The van der Waals surface area contributed by atoms with Crippen molar-refractivity contribution in [2.24, 2.45) is 0 Å². The lowest BCUT2D eigenvalue weighted by Gasteiger charge is -2.10. The number of halogens is 1. The first-order chi connectivity index (χ1) is 8.86. The lowest BCUT2D eigenvalue weighted by Crippen LogP contribution is -2.11. The van der Waals surface area contributed by atoms with E-state index >= 15 is 0 Å². The molecule has 0 spiro atoms. The predicted octanol–water partition coefficient (Wildman–Crippen LogP) is 3.91. The quantitative estimate of drug-likeness (QED) is 0.855. The van der Waals surface area contributed by atoms with E-state index in [1.54, 1.807) is 6.07 Å². The average molecular weight is 281 g/mol. The van der Waals surface area contributed by atoms with Crippen LogP contribution in [-0.2, 0) is 12.0 Å². The number of benzene rings is 1. The van der Waals surface area contributed by atoms with Gasteiger partial charge in [-0.15, -0.1) is 0 Å². The van der Waals surface area contributed by atoms with E-state index in [4.69, 9.17) is 20.9 Å². The largest absolute Gasteiger partial charge is 0.485 e. The topological polar surface area (TPSA) is 48.2 Å². The molecule has 0 aliphatic rings. The Balaban J connectivity index is 2.04. The molecule has 4 nitrogen and oxygen atoms in total. The number of nitrogens with zero attached hydrogens (tertiary/aromatic N) is 2. The molecule has 0 N–H and O–H groups in total. The van der Waals surface area contributed by atoms with Gasteiger partial charge in [-0.2, -0.15) is 4.98 Å². The van der Waals surface area contributed by atoms with Crippen molar-refractivity contribution in [3.8, 4) is 5.75 Å². The molecule has 0 radical (unpaired) electrons. The van der Waals surface area contributed by atoms with E-state index in [2.05, 4.69) is 10.1 Å². The molecule has 0 aliphatic carbocycles. The van der Waals surface area contributed by atoms with E-state index in [-0.39, 0.29) is 12.0 Å². The molecule has 2 rings (SSSR count). The molecular formula is C14H17ClN2O2. The van der Waals surface area contributed by atoms with Gasteiger partial charge < -0.3 is 9.26 Å². The van der Waals surface area contributed by atoms with E-state index < -0.39 is 0 Å². The molecule has 0 atom stereocenters. The first-order valence-electron chi connectivity index (χ1n) is 6.08. The minimum absolute atomic E-state index is 0.151. The second-order valence-corrected chi connectivity index (χ2v) is 5.90. The summed E-state index contributed by atoms with van der Waals surface area (Å²) in [5.74, 6) is 1.92. The summed E-state index contributed by atoms with van der Waals surface area (Å²) in [6.45, 7) is 8.29. The fourth-order valence-corrected chi connectivity index (χ4v) is 1.76. The standard InChI is InChI=1S/C14H17ClN2O2/c1-9-7-10(15)5-6-11(9)18-8-12-16-13(19-17-12)14(2,3)4/h5-7H,8H2,1-4H3. The first-order valence-corrected chi connectivity index (χ1v) is 6.46. The molecule has 0 unspecified atom stereocenters. The lowest BCUT2D eigenvalue weighted by molar-refractivity contribution is 0.278. The average Bonchev–Trinajstić information content (AvgIpc) is 2.76. The van der Waals surface area contributed by atoms with Gasteiger partial charge in [0.2, 0.25) is 11.7 Å². The van der Waals surface area contributed by atoms with Crippen LogP contribution in [0.2, 0.25) is 5.02 Å². The molecule has 1 aromatic carbocycles. The van der Waals surface area contributed by atoms with Gasteiger partial charge in [0.1, 0.15) is 5.75 Å². The van der Waals surface area contributed by atoms with Crippen LogP contribution >= 0.6 is 11.6 Å². The van der Waals surface area contributed by atoms with E-state index in [9.17, 15) is 0 Å². The van der Waals surface area contributed by atoms with Gasteiger partial charge in [0.05, 0.1) is 0 Å². The van der Waals surface area contributed by atoms with Crippen LogP contribution in [0.15, 0.2) is 22.7 Å². The third-order valence-corrected chi connectivity index (χ3v) is 2.84. The van der Waals surface area contributed by atoms with Crippen LogP contribution in [-0.4, -0.2) is 10.1 Å². The third kappa shape index (κ3) is 3.47. The number of hydrogen-bond acceptors (Lipinski definition) is 4. The summed E-state index contributed by atoms with van der Waals surface area (Å²) in [5.41, 5.74) is 0.827. The van der Waals surface area contributed by atoms with Gasteiger partial charge in [0.25, 0.3) is 0 Å². The van der Waals surface area contributed by atoms with Gasteiger partial charge in [0.15, 0.2) is 6.61 Å². The van der Waals surface area contributed by atoms with Crippen molar-refractivity contribution in [2.75, 3.05) is 0 Å². The molecule has 0 saturated carbocycles. The Morgan fingerprint density at radius 1 is 1.32 bits per heavy atom. The molecule has 1 heterocycles. The molecule has 0 aliphatic heterocycles. The first kappa shape index (κ1) is 13.9. The number of hydrogen-bond donors (Lipinski definition) is 0. The normalized spacial score (nSPS) is 11.6. The summed E-state index contributed by atoms with van der Waals surface area (Å²) in [5, 5.41) is 4.60. The van der Waals surface area contributed by atoms with Gasteiger partial charge in [-0.05, 0) is 30.7 Å². The second-order valence-electron chi connectivity index (χ2n) is 5.46. The maximum atomic E-state index is 5.89. The van der Waals surface area contributed by atoms with E-state index in [0.717, 1.165) is 11.3 Å². The summed E-state index contributed by atoms with van der Waals surface area (Å²) in [6, 6.07) is 5.48. The van der Waals surface area contributed by atoms with Crippen molar-refractivity contribution in [1.82, 2.24) is 10.1 Å². The molecular weight excluding hydrogens is 264 g/mol. The van der Waals surface area contributed by atoms with Crippen LogP contribution in [0, 0.1) is 6.92 Å². The molecule has 0 bridgehead atoms. The van der Waals surface area contributed by atoms with Crippen molar-refractivity contribution in [3.05, 3.63) is 40.5 Å². The van der Waals surface area contributed by atoms with Crippen molar-refractivity contribution >= 4 is 11.6 Å². The molecule has 19 heavy (non-hydrogen) atoms. The zero-order valence-electron chi connectivity index (χ0n) is 11.5. The summed E-state index contributed by atoms with van der Waals surface area (Å²) >= 11 is 5.89. The van der Waals surface area contributed by atoms with Gasteiger partial charge in [-0.3, -0.25) is 0 Å².